The average Bonchev–Trinajstić information content (AvgIpc) is 3.83. The van der Waals surface area contributed by atoms with Crippen molar-refractivity contribution >= 4 is 77.1 Å². The molecule has 0 saturated heterocycles. The minimum absolute atomic E-state index is 0.199. The predicted octanol–water partition coefficient (Wildman–Crippen LogP) is -6.50. The van der Waals surface area contributed by atoms with Gasteiger partial charge in [0, 0.05) is 44.0 Å². The lowest BCUT2D eigenvalue weighted by Gasteiger charge is -2.29. The number of aromatic amines is 1. The minimum atomic E-state index is -2.09. The van der Waals surface area contributed by atoms with Gasteiger partial charge in [0.25, 0.3) is 0 Å². The predicted molar refractivity (Wildman–Crippen MR) is 251 cm³/mol. The molecular weight excluding hydrogens is 1010 g/mol. The number of carboxylic acids is 5. The van der Waals surface area contributed by atoms with Gasteiger partial charge in [-0.15, -0.1) is 0 Å². The van der Waals surface area contributed by atoms with E-state index in [0.717, 1.165) is 13.8 Å². The number of hydrogen-bond donors (Lipinski definition) is 18. The van der Waals surface area contributed by atoms with Crippen LogP contribution in [0, 0.1) is 5.92 Å². The maximum absolute atomic E-state index is 13.9. The Bertz CT molecular complexity index is 2170. The van der Waals surface area contributed by atoms with Gasteiger partial charge < -0.3 is 94.1 Å². The number of aliphatic hydroxyl groups is 3. The third-order valence-corrected chi connectivity index (χ3v) is 10.7. The highest BCUT2D eigenvalue weighted by molar-refractivity contribution is 5.98. The molecule has 19 N–H and O–H groups in total. The van der Waals surface area contributed by atoms with Crippen LogP contribution in [-0.4, -0.2) is 201 Å². The summed E-state index contributed by atoms with van der Waals surface area (Å²) in [5, 5.41) is 94.8. The fourth-order valence-electron chi connectivity index (χ4n) is 6.69. The molecule has 0 radical (unpaired) electrons. The maximum Gasteiger partial charge on any atom is 0.326 e. The van der Waals surface area contributed by atoms with Crippen molar-refractivity contribution in [3.05, 3.63) is 18.2 Å². The number of hydrogen-bond acceptors (Lipinski definition) is 18. The Balaban J connectivity index is 3.50. The summed E-state index contributed by atoms with van der Waals surface area (Å²) >= 11 is 0. The number of aliphatic carboxylic acids is 5. The number of nitrogens with zero attached hydrogens (tertiary/aromatic N) is 1. The van der Waals surface area contributed by atoms with Gasteiger partial charge in [0.15, 0.2) is 0 Å². The lowest BCUT2D eigenvalue weighted by Crippen LogP contribution is -2.62. The highest BCUT2D eigenvalue weighted by Gasteiger charge is 2.37. The van der Waals surface area contributed by atoms with Crippen molar-refractivity contribution in [1.82, 2.24) is 52.5 Å². The zero-order chi connectivity index (χ0) is 57.3. The van der Waals surface area contributed by atoms with Crippen molar-refractivity contribution in [2.24, 2.45) is 11.7 Å². The molecule has 0 aromatic carbocycles. The number of imidazole rings is 1. The highest BCUT2D eigenvalue weighted by atomic mass is 16.4. The summed E-state index contributed by atoms with van der Waals surface area (Å²) in [6, 6.07) is -16.1. The summed E-state index contributed by atoms with van der Waals surface area (Å²) in [5.41, 5.74) is 5.75. The first-order chi connectivity index (χ1) is 35.0. The monoisotopic (exact) mass is 1070 g/mol. The van der Waals surface area contributed by atoms with E-state index in [9.17, 15) is 103 Å². The molecule has 0 saturated carbocycles. The molecule has 0 spiro atoms. The van der Waals surface area contributed by atoms with Crippen LogP contribution in [0.15, 0.2) is 12.5 Å². The van der Waals surface area contributed by atoms with Gasteiger partial charge in [-0.05, 0) is 51.9 Å². The van der Waals surface area contributed by atoms with Gasteiger partial charge in [-0.1, -0.05) is 13.8 Å². The fourth-order valence-corrected chi connectivity index (χ4v) is 6.69. The Hall–Kier alpha value is -7.84. The van der Waals surface area contributed by atoms with Crippen LogP contribution in [-0.2, 0) is 68.7 Å². The first-order valence-electron chi connectivity index (χ1n) is 23.2. The molecule has 0 aliphatic heterocycles. The molecule has 32 nitrogen and oxygen atoms in total. The van der Waals surface area contributed by atoms with Crippen molar-refractivity contribution in [3.63, 3.8) is 0 Å². The van der Waals surface area contributed by atoms with Crippen molar-refractivity contribution in [1.29, 1.82) is 0 Å². The van der Waals surface area contributed by atoms with Gasteiger partial charge >= 0.3 is 29.8 Å². The maximum atomic E-state index is 13.9. The van der Waals surface area contributed by atoms with Crippen LogP contribution in [0.5, 0.6) is 0 Å². The third-order valence-electron chi connectivity index (χ3n) is 10.7. The number of aromatic nitrogens is 2. The molecule has 0 aliphatic carbocycles. The Morgan fingerprint density at radius 3 is 1.12 bits per heavy atom. The molecule has 32 heteroatoms. The molecular formula is C43H67N11O21. The second kappa shape index (κ2) is 32.4. The van der Waals surface area contributed by atoms with E-state index in [1.54, 1.807) is 13.8 Å². The molecule has 11 atom stereocenters. The van der Waals surface area contributed by atoms with Crippen molar-refractivity contribution < 1.29 is 103 Å². The number of carbonyl (C=O) groups excluding carboxylic acids is 8. The van der Waals surface area contributed by atoms with Crippen molar-refractivity contribution in [2.45, 2.75) is 158 Å². The van der Waals surface area contributed by atoms with Gasteiger partial charge in [0.05, 0.1) is 25.1 Å². The van der Waals surface area contributed by atoms with E-state index >= 15 is 0 Å². The van der Waals surface area contributed by atoms with Crippen LogP contribution in [0.1, 0.15) is 91.2 Å². The Morgan fingerprint density at radius 1 is 0.493 bits per heavy atom. The first-order valence-corrected chi connectivity index (χ1v) is 23.2. The second-order valence-corrected chi connectivity index (χ2v) is 17.6. The standard InChI is InChI=1S/C43H67N11O21/c1-18(2)13-27(40(71)48-23(5-9-29(58)59)38(69)52-28(43(74)75)14-21-15-45-17-46-21)51-37(68)25(7-11-31(62)63)50-42(73)34(20(4)57)54-39(70)26(8-12-32(64)65)47-36(67)24(6-10-30(60)61)49-41(72)33(19(3)56)53-35(66)22(44)16-55/h15,17-20,22-28,33-34,55-57H,5-14,16,44H2,1-4H3,(H,45,46)(H,47,67)(H,48,71)(H,49,72)(H,50,73)(H,51,68)(H,52,69)(H,53,66)(H,54,70)(H,58,59)(H,60,61)(H,62,63)(H,64,65)(H,74,75). The summed E-state index contributed by atoms with van der Waals surface area (Å²) in [5.74, 6) is -17.7. The Labute approximate surface area is 427 Å². The zero-order valence-electron chi connectivity index (χ0n) is 41.3. The summed E-state index contributed by atoms with van der Waals surface area (Å²) in [6.07, 6.45) is -7.37. The summed E-state index contributed by atoms with van der Waals surface area (Å²) in [7, 11) is 0. The van der Waals surface area contributed by atoms with Gasteiger partial charge in [0.1, 0.15) is 54.4 Å². The van der Waals surface area contributed by atoms with Gasteiger partial charge in [-0.3, -0.25) is 57.5 Å². The Kier molecular flexibility index (Phi) is 28.1. The molecule has 1 heterocycles. The van der Waals surface area contributed by atoms with Crippen LogP contribution in [0.4, 0.5) is 0 Å². The summed E-state index contributed by atoms with van der Waals surface area (Å²) < 4.78 is 0. The van der Waals surface area contributed by atoms with E-state index in [1.165, 1.54) is 12.5 Å². The smallest absolute Gasteiger partial charge is 0.326 e. The number of amides is 8. The van der Waals surface area contributed by atoms with Crippen LogP contribution in [0.3, 0.4) is 0 Å². The van der Waals surface area contributed by atoms with E-state index in [-0.39, 0.29) is 12.8 Å². The van der Waals surface area contributed by atoms with Crippen molar-refractivity contribution in [3.8, 4) is 0 Å². The fraction of sp³-hybridized carbons (Fsp3) is 0.628. The van der Waals surface area contributed by atoms with Gasteiger partial charge in [-0.2, -0.15) is 0 Å². The largest absolute Gasteiger partial charge is 0.481 e. The summed E-state index contributed by atoms with van der Waals surface area (Å²) in [6.45, 7) is 4.37. The molecule has 8 amide bonds. The highest BCUT2D eigenvalue weighted by Crippen LogP contribution is 2.12. The topological polar surface area (TPSA) is 535 Å². The van der Waals surface area contributed by atoms with E-state index in [2.05, 4.69) is 52.5 Å². The molecule has 1 aromatic rings. The SMILES string of the molecule is CC(C)CC(NC(=O)C(CCC(=O)O)NC(=O)C(NC(=O)C(CCC(=O)O)NC(=O)C(CCC(=O)O)NC(=O)C(NC(=O)C(N)CO)C(C)O)C(C)O)C(=O)NC(CCC(=O)O)C(=O)NC(Cc1cnc[nH]1)C(=O)O. The zero-order valence-corrected chi connectivity index (χ0v) is 41.3. The van der Waals surface area contributed by atoms with E-state index in [4.69, 9.17) is 5.73 Å². The number of nitrogens with two attached hydrogens (primary N) is 1. The quantitative estimate of drug-likeness (QED) is 0.0297. The molecule has 1 rings (SSSR count). The van der Waals surface area contributed by atoms with Crippen LogP contribution < -0.4 is 48.3 Å². The first kappa shape index (κ1) is 65.2. The van der Waals surface area contributed by atoms with Crippen LogP contribution >= 0.6 is 0 Å². The Morgan fingerprint density at radius 2 is 0.813 bits per heavy atom. The minimum Gasteiger partial charge on any atom is -0.481 e. The normalized spacial score (nSPS) is 15.5. The lowest BCUT2D eigenvalue weighted by molar-refractivity contribution is -0.143. The number of carboxylic acid groups (broad SMARTS) is 5. The molecule has 0 aliphatic rings. The van der Waals surface area contributed by atoms with Crippen molar-refractivity contribution in [2.75, 3.05) is 6.61 Å². The number of nitrogens with one attached hydrogen (secondary N) is 9. The molecule has 1 aromatic heterocycles. The van der Waals surface area contributed by atoms with E-state index < -0.39 is 208 Å². The number of rotatable bonds is 36. The molecule has 11 unspecified atom stereocenters. The molecule has 0 fully saturated rings. The number of H-pyrrole nitrogens is 1. The second-order valence-electron chi connectivity index (χ2n) is 17.6. The van der Waals surface area contributed by atoms with Gasteiger partial charge in [0.2, 0.25) is 47.3 Å². The van der Waals surface area contributed by atoms with E-state index in [0.29, 0.717) is 5.69 Å². The van der Waals surface area contributed by atoms with Gasteiger partial charge in [-0.25, -0.2) is 9.78 Å². The van der Waals surface area contributed by atoms with Crippen LogP contribution in [0.25, 0.3) is 0 Å². The molecule has 75 heavy (non-hydrogen) atoms. The third kappa shape index (κ3) is 24.6. The summed E-state index contributed by atoms with van der Waals surface area (Å²) in [4.78, 5) is 173. The number of aliphatic hydroxyl groups excluding tert-OH is 3. The van der Waals surface area contributed by atoms with E-state index in [1.807, 2.05) is 0 Å². The number of carbonyl (C=O) groups is 13. The molecule has 0 bridgehead atoms. The lowest BCUT2D eigenvalue weighted by atomic mass is 10.0. The van der Waals surface area contributed by atoms with Crippen LogP contribution in [0.2, 0.25) is 0 Å². The average molecular weight is 1070 g/mol. The molecule has 420 valence electrons.